The molecule has 14 aromatic rings. The first-order chi connectivity index (χ1) is 48.1. The number of benzene rings is 11. The number of hydrogen-bond acceptors (Lipinski definition) is 4. The molecule has 3 aromatic heterocycles. The molecule has 5 nitrogen and oxygen atoms in total. The van der Waals surface area contributed by atoms with Crippen molar-refractivity contribution in [2.45, 2.75) is 118 Å². The van der Waals surface area contributed by atoms with Crippen molar-refractivity contribution in [1.29, 1.82) is 0 Å². The van der Waals surface area contributed by atoms with E-state index in [0.29, 0.717) is 13.1 Å². The third-order valence-electron chi connectivity index (χ3n) is 21.2. The van der Waals surface area contributed by atoms with Crippen LogP contribution in [0, 0.1) is 0 Å². The van der Waals surface area contributed by atoms with E-state index >= 15 is 0 Å². The molecule has 0 aliphatic carbocycles. The predicted molar refractivity (Wildman–Crippen MR) is 426 cm³/mol. The van der Waals surface area contributed by atoms with Crippen molar-refractivity contribution in [3.8, 4) is 72.4 Å². The van der Waals surface area contributed by atoms with Crippen molar-refractivity contribution in [2.24, 2.45) is 0 Å². The van der Waals surface area contributed by atoms with Crippen LogP contribution in [0.3, 0.4) is 0 Å². The SMILES string of the molecule is CC(C)(C)c1cncc(-c2ccc3c(c2)N(Cc2c(-c4ccccc4)cccc2-c2ccccc2)c2cc(-n4c5ccc(C(C)(C)C)cc5c5cc(C(C)(C)C)ccc54)cc4c2B3c2ccc(-c3cncc(C(C)(C)C)c3)cc2N4Cc2c(-c3ccccc3)cccc2-c2ccccc2)c1. The Labute approximate surface area is 591 Å². The Balaban J connectivity index is 1.06. The zero-order valence-corrected chi connectivity index (χ0v) is 59.8. The molecule has 0 saturated heterocycles. The van der Waals surface area contributed by atoms with E-state index in [1.165, 1.54) is 139 Å². The van der Waals surface area contributed by atoms with Gasteiger partial charge in [0, 0.05) is 82.5 Å². The smallest absolute Gasteiger partial charge is 0.252 e. The highest BCUT2D eigenvalue weighted by Crippen LogP contribution is 2.48. The van der Waals surface area contributed by atoms with E-state index < -0.39 is 0 Å². The van der Waals surface area contributed by atoms with Gasteiger partial charge in [0.2, 0.25) is 0 Å². The zero-order valence-electron chi connectivity index (χ0n) is 59.8. The van der Waals surface area contributed by atoms with Crippen LogP contribution in [0.2, 0.25) is 0 Å². The molecule has 0 radical (unpaired) electrons. The number of anilines is 4. The summed E-state index contributed by atoms with van der Waals surface area (Å²) in [5, 5.41) is 2.50. The Morgan fingerprint density at radius 1 is 0.290 bits per heavy atom. The maximum Gasteiger partial charge on any atom is 0.252 e. The molecule has 6 heteroatoms. The van der Waals surface area contributed by atoms with Gasteiger partial charge >= 0.3 is 0 Å². The van der Waals surface area contributed by atoms with Crippen LogP contribution in [-0.2, 0) is 34.7 Å². The van der Waals surface area contributed by atoms with Gasteiger partial charge in [-0.1, -0.05) is 277 Å². The molecule has 490 valence electrons. The normalized spacial score (nSPS) is 13.0. The average Bonchev–Trinajstić information content (AvgIpc) is 0.924. The van der Waals surface area contributed by atoms with Gasteiger partial charge in [-0.25, -0.2) is 0 Å². The van der Waals surface area contributed by atoms with Gasteiger partial charge in [-0.3, -0.25) is 9.97 Å². The standard InChI is InChI=1S/C94H86BN5/c1-91(2,3)69-41-45-84-78(51-69)79-52-70(92(4,5)6)42-46-85(79)100(84)73-53-88-90-89(54-73)99(60-81-76(63-31-21-15-22-32-63)37-26-38-77(81)64-33-23-16-24-34-64)87-50-66(68-48-72(58-97-56-68)94(10,11)12)40-44-83(87)95(90)82-43-39-65(67-47-71(57-96-55-67)93(7,8)9)49-86(82)98(88)59-80-74(61-27-17-13-18-28-61)35-25-36-75(80)62-29-19-14-20-30-62/h13-58H,59-60H2,1-12H3. The molecule has 100 heavy (non-hydrogen) atoms. The lowest BCUT2D eigenvalue weighted by Gasteiger charge is -2.45. The van der Waals surface area contributed by atoms with Crippen LogP contribution in [-0.4, -0.2) is 21.2 Å². The summed E-state index contributed by atoms with van der Waals surface area (Å²) in [6, 6.07) is 97.0. The van der Waals surface area contributed by atoms with E-state index in [9.17, 15) is 0 Å². The average molecular weight is 1300 g/mol. The van der Waals surface area contributed by atoms with Gasteiger partial charge in [0.1, 0.15) is 0 Å². The topological polar surface area (TPSA) is 37.2 Å². The second kappa shape index (κ2) is 24.6. The maximum absolute atomic E-state index is 4.98. The highest BCUT2D eigenvalue weighted by atomic mass is 15.2. The minimum absolute atomic E-state index is 0.0771. The molecule has 0 atom stereocenters. The molecule has 0 N–H and O–H groups in total. The quantitative estimate of drug-likeness (QED) is 0.121. The first-order valence-corrected chi connectivity index (χ1v) is 35.6. The van der Waals surface area contributed by atoms with Crippen molar-refractivity contribution < 1.29 is 0 Å². The van der Waals surface area contributed by atoms with Gasteiger partial charge in [-0.15, -0.1) is 0 Å². The first kappa shape index (κ1) is 63.9. The van der Waals surface area contributed by atoms with Gasteiger partial charge in [0.25, 0.3) is 6.71 Å². The Bertz CT molecular complexity index is 5020. The van der Waals surface area contributed by atoms with E-state index in [-0.39, 0.29) is 28.4 Å². The Morgan fingerprint density at radius 3 is 0.980 bits per heavy atom. The van der Waals surface area contributed by atoms with Crippen LogP contribution in [0.15, 0.2) is 280 Å². The summed E-state index contributed by atoms with van der Waals surface area (Å²) in [5.41, 5.74) is 33.0. The Kier molecular flexibility index (Phi) is 15.7. The molecule has 0 unspecified atom stereocenters. The number of nitrogens with zero attached hydrogens (tertiary/aromatic N) is 5. The number of aromatic nitrogens is 3. The van der Waals surface area contributed by atoms with Crippen molar-refractivity contribution in [3.63, 3.8) is 0 Å². The molecule has 0 fully saturated rings. The van der Waals surface area contributed by atoms with Crippen molar-refractivity contribution >= 4 is 67.7 Å². The number of rotatable bonds is 11. The monoisotopic (exact) mass is 1300 g/mol. The minimum atomic E-state index is -0.185. The third kappa shape index (κ3) is 11.5. The molecule has 11 aromatic carbocycles. The van der Waals surface area contributed by atoms with Gasteiger partial charge in [-0.2, -0.15) is 0 Å². The maximum atomic E-state index is 4.98. The summed E-state index contributed by atoms with van der Waals surface area (Å²) >= 11 is 0. The van der Waals surface area contributed by atoms with Crippen LogP contribution < -0.4 is 26.2 Å². The fourth-order valence-corrected chi connectivity index (χ4v) is 15.6. The summed E-state index contributed by atoms with van der Waals surface area (Å²) in [5.74, 6) is 0. The summed E-state index contributed by atoms with van der Waals surface area (Å²) in [6.45, 7) is 28.6. The van der Waals surface area contributed by atoms with E-state index in [1.54, 1.807) is 0 Å². The van der Waals surface area contributed by atoms with E-state index in [1.807, 2.05) is 12.4 Å². The molecule has 0 spiro atoms. The van der Waals surface area contributed by atoms with Gasteiger partial charge in [-0.05, 0) is 188 Å². The molecule has 2 aliphatic heterocycles. The largest absolute Gasteiger partial charge is 0.338 e. The van der Waals surface area contributed by atoms with Crippen LogP contribution >= 0.6 is 0 Å². The number of pyridine rings is 2. The molecular formula is C94H86BN5. The lowest BCUT2D eigenvalue weighted by molar-refractivity contribution is 0.587. The highest BCUT2D eigenvalue weighted by molar-refractivity contribution is 7.00. The predicted octanol–water partition coefficient (Wildman–Crippen LogP) is 22.6. The lowest BCUT2D eigenvalue weighted by Crippen LogP contribution is -2.62. The number of fused-ring (bicyclic) bond motifs is 7. The van der Waals surface area contributed by atoms with Crippen molar-refractivity contribution in [3.05, 3.63) is 313 Å². The zero-order chi connectivity index (χ0) is 69.0. The summed E-state index contributed by atoms with van der Waals surface area (Å²) < 4.78 is 2.59. The molecule has 0 bridgehead atoms. The molecule has 2 aliphatic rings. The summed E-state index contributed by atoms with van der Waals surface area (Å²) in [7, 11) is 0. The highest BCUT2D eigenvalue weighted by Gasteiger charge is 2.44. The van der Waals surface area contributed by atoms with Crippen LogP contribution in [0.1, 0.15) is 116 Å². The third-order valence-corrected chi connectivity index (χ3v) is 21.2. The molecular weight excluding hydrogens is 1210 g/mol. The second-order valence-electron chi connectivity index (χ2n) is 31.9. The van der Waals surface area contributed by atoms with E-state index in [4.69, 9.17) is 9.97 Å². The molecule has 5 heterocycles. The molecule has 0 amide bonds. The molecule has 0 saturated carbocycles. The molecule has 16 rings (SSSR count). The van der Waals surface area contributed by atoms with Crippen LogP contribution in [0.4, 0.5) is 22.7 Å². The van der Waals surface area contributed by atoms with Crippen LogP contribution in [0.5, 0.6) is 0 Å². The van der Waals surface area contributed by atoms with Crippen LogP contribution in [0.25, 0.3) is 94.3 Å². The van der Waals surface area contributed by atoms with Crippen molar-refractivity contribution in [1.82, 2.24) is 14.5 Å². The fourth-order valence-electron chi connectivity index (χ4n) is 15.6. The number of hydrogen-bond donors (Lipinski definition) is 0. The van der Waals surface area contributed by atoms with E-state index in [2.05, 4.69) is 365 Å². The first-order valence-electron chi connectivity index (χ1n) is 35.6. The Morgan fingerprint density at radius 2 is 0.640 bits per heavy atom. The fraction of sp³-hybridized carbons (Fsp3) is 0.191. The van der Waals surface area contributed by atoms with Gasteiger partial charge in [0.15, 0.2) is 0 Å². The van der Waals surface area contributed by atoms with Crippen molar-refractivity contribution in [2.75, 3.05) is 9.80 Å². The minimum Gasteiger partial charge on any atom is -0.338 e. The summed E-state index contributed by atoms with van der Waals surface area (Å²) in [4.78, 5) is 15.4. The lowest BCUT2D eigenvalue weighted by atomic mass is 9.33. The van der Waals surface area contributed by atoms with Gasteiger partial charge in [0.05, 0.1) is 16.7 Å². The van der Waals surface area contributed by atoms with E-state index in [0.717, 1.165) is 27.9 Å². The Hall–Kier alpha value is -10.8. The second-order valence-corrected chi connectivity index (χ2v) is 31.9. The van der Waals surface area contributed by atoms with Gasteiger partial charge < -0.3 is 14.4 Å². The summed E-state index contributed by atoms with van der Waals surface area (Å²) in [6.07, 6.45) is 8.19.